The van der Waals surface area contributed by atoms with Crippen LogP contribution in [0.15, 0.2) is 102 Å². The predicted molar refractivity (Wildman–Crippen MR) is 261 cm³/mol. The van der Waals surface area contributed by atoms with Crippen LogP contribution >= 0.6 is 0 Å². The average molecular weight is 909 g/mol. The maximum Gasteiger partial charge on any atom is 0.239 e. The molecule has 66 heavy (non-hydrogen) atoms. The molecule has 3 aliphatic rings. The van der Waals surface area contributed by atoms with Crippen LogP contribution in [-0.2, 0) is 27.6 Å². The molecule has 0 bridgehead atoms. The van der Waals surface area contributed by atoms with Crippen molar-refractivity contribution in [1.29, 1.82) is 0 Å². The van der Waals surface area contributed by atoms with Crippen LogP contribution in [0, 0.1) is 23.6 Å². The quantitative estimate of drug-likeness (QED) is 0.0389. The number of halogens is 1. The molecule has 0 saturated heterocycles. The minimum absolute atomic E-state index is 0.0618. The Balaban J connectivity index is 1.46. The number of amides is 1. The third-order valence-electron chi connectivity index (χ3n) is 13.9. The first kappa shape index (κ1) is 50.9. The molecule has 6 atom stereocenters. The number of ether oxygens (including phenoxy) is 3. The highest BCUT2D eigenvalue weighted by atomic mass is 19.1. The second kappa shape index (κ2) is 26.7. The first-order chi connectivity index (χ1) is 32.4. The number of unbranched alkanes of at least 4 members (excludes halogenated alkanes) is 10. The first-order valence-electron chi connectivity index (χ1n) is 25.3. The molecule has 1 saturated carbocycles. The third-order valence-corrected chi connectivity index (χ3v) is 13.9. The van der Waals surface area contributed by atoms with Crippen LogP contribution in [-0.4, -0.2) is 64.9 Å². The lowest BCUT2D eigenvalue weighted by Crippen LogP contribution is -2.70. The van der Waals surface area contributed by atoms with E-state index in [1.165, 1.54) is 44.6 Å². The van der Waals surface area contributed by atoms with Crippen LogP contribution in [0.4, 0.5) is 4.39 Å². The number of aliphatic hydroxyl groups excluding tert-OH is 2. The SMILES string of the molecule is C=CCO[C@@]12Oc3ccc(OCc4ccccc4F)cc3[C@H]3[C@H](CCCCO)[C@@H](CCCCO)C=C(C(=NOCc4ccccc4)C[C@@H]1N(CCC)C(=O)CCCCCCCCCCC)[C@H]32. The monoisotopic (exact) mass is 909 g/mol. The van der Waals surface area contributed by atoms with E-state index < -0.39 is 17.7 Å². The molecule has 2 aliphatic carbocycles. The Morgan fingerprint density at radius 1 is 0.864 bits per heavy atom. The van der Waals surface area contributed by atoms with Crippen LogP contribution in [0.3, 0.4) is 0 Å². The highest BCUT2D eigenvalue weighted by molar-refractivity contribution is 6.03. The molecule has 1 amide bonds. The molecular weight excluding hydrogens is 832 g/mol. The van der Waals surface area contributed by atoms with Gasteiger partial charge in [0, 0.05) is 49.6 Å². The van der Waals surface area contributed by atoms with Gasteiger partial charge >= 0.3 is 0 Å². The zero-order valence-corrected chi connectivity index (χ0v) is 39.9. The molecule has 0 spiro atoms. The fourth-order valence-electron chi connectivity index (χ4n) is 10.7. The van der Waals surface area contributed by atoms with E-state index in [0.717, 1.165) is 73.8 Å². The van der Waals surface area contributed by atoms with Gasteiger partial charge in [-0.15, -0.1) is 6.58 Å². The summed E-state index contributed by atoms with van der Waals surface area (Å²) in [6.07, 6.45) is 20.9. The normalized spacial score (nSPS) is 22.5. The molecule has 1 heterocycles. The molecule has 1 aliphatic heterocycles. The van der Waals surface area contributed by atoms with Crippen molar-refractivity contribution in [3.05, 3.63) is 120 Å². The molecule has 3 aromatic carbocycles. The Labute approximate surface area is 394 Å². The van der Waals surface area contributed by atoms with Crippen LogP contribution in [0.5, 0.6) is 11.5 Å². The van der Waals surface area contributed by atoms with Crippen molar-refractivity contribution in [1.82, 2.24) is 4.90 Å². The van der Waals surface area contributed by atoms with Gasteiger partial charge in [-0.1, -0.05) is 144 Å². The summed E-state index contributed by atoms with van der Waals surface area (Å²) in [5.74, 6) is -0.741. The second-order valence-corrected chi connectivity index (χ2v) is 18.6. The summed E-state index contributed by atoms with van der Waals surface area (Å²) in [5, 5.41) is 25.0. The van der Waals surface area contributed by atoms with Gasteiger partial charge in [0.15, 0.2) is 0 Å². The fourth-order valence-corrected chi connectivity index (χ4v) is 10.7. The molecule has 360 valence electrons. The van der Waals surface area contributed by atoms with E-state index in [9.17, 15) is 19.4 Å². The number of rotatable bonds is 30. The molecule has 0 radical (unpaired) electrons. The third kappa shape index (κ3) is 13.1. The standard InChI is InChI=1S/C56H77FN2O7/c1-4-7-8-9-10-11-12-13-17-30-53(62)59(33-5-2)52-39-50(58-65-40-42-24-15-14-16-25-42)47-37-43(26-20-22-34-60)46(28-21-23-35-61)54-48-38-45(63-41-44-27-18-19-29-49(44)57)31-32-51(48)66-56(52,55(47)54)64-36-6-3/h6,14-16,18-19,24-25,27,29,31-32,37-38,43,46,52,54-55,60-61H,3-5,7-13,17,20-23,26,28,30,33-36,39-41H2,1-2H3/t43-,46+,52-,54+,55+,56+/m0/s1. The summed E-state index contributed by atoms with van der Waals surface area (Å²) in [4.78, 5) is 23.1. The summed E-state index contributed by atoms with van der Waals surface area (Å²) in [5.41, 5.74) is 4.20. The lowest BCUT2D eigenvalue weighted by molar-refractivity contribution is -0.257. The molecule has 0 unspecified atom stereocenters. The fraction of sp³-hybridized carbons (Fsp3) is 0.571. The Morgan fingerprint density at radius 2 is 1.58 bits per heavy atom. The Bertz CT molecular complexity index is 2010. The van der Waals surface area contributed by atoms with Crippen LogP contribution in [0.1, 0.15) is 152 Å². The van der Waals surface area contributed by atoms with E-state index in [1.807, 2.05) is 47.4 Å². The van der Waals surface area contributed by atoms with E-state index in [2.05, 4.69) is 32.6 Å². The predicted octanol–water partition coefficient (Wildman–Crippen LogP) is 12.4. The molecule has 9 nitrogen and oxygen atoms in total. The number of oxime groups is 1. The highest BCUT2D eigenvalue weighted by Gasteiger charge is 2.65. The number of allylic oxidation sites excluding steroid dienone is 1. The Hall–Kier alpha value is -4.51. The molecule has 10 heteroatoms. The van der Waals surface area contributed by atoms with Crippen molar-refractivity contribution >= 4 is 11.6 Å². The van der Waals surface area contributed by atoms with Crippen molar-refractivity contribution in [2.45, 2.75) is 160 Å². The van der Waals surface area contributed by atoms with Gasteiger partial charge < -0.3 is 34.2 Å². The minimum atomic E-state index is -1.32. The maximum absolute atomic E-state index is 14.8. The lowest BCUT2D eigenvalue weighted by Gasteiger charge is -2.60. The largest absolute Gasteiger partial charge is 0.489 e. The molecule has 6 rings (SSSR count). The smallest absolute Gasteiger partial charge is 0.239 e. The number of hydrogen-bond acceptors (Lipinski definition) is 8. The van der Waals surface area contributed by atoms with Crippen LogP contribution < -0.4 is 9.47 Å². The van der Waals surface area contributed by atoms with Crippen molar-refractivity contribution < 1.29 is 38.4 Å². The number of aliphatic hydroxyl groups is 2. The summed E-state index contributed by atoms with van der Waals surface area (Å²) < 4.78 is 35.8. The number of carbonyl (C=O) groups excluding carboxylic acids is 1. The van der Waals surface area contributed by atoms with Crippen LogP contribution in [0.2, 0.25) is 0 Å². The summed E-state index contributed by atoms with van der Waals surface area (Å²) in [6.45, 7) is 9.73. The van der Waals surface area contributed by atoms with Gasteiger partial charge in [0.25, 0.3) is 0 Å². The molecule has 1 fully saturated rings. The molecular formula is C56H77FN2O7. The van der Waals surface area contributed by atoms with Gasteiger partial charge in [-0.25, -0.2) is 4.39 Å². The number of fused-ring (bicyclic) bond motifs is 2. The molecule has 2 N–H and O–H groups in total. The summed E-state index contributed by atoms with van der Waals surface area (Å²) >= 11 is 0. The highest BCUT2D eigenvalue weighted by Crippen LogP contribution is 2.62. The van der Waals surface area contributed by atoms with Crippen molar-refractivity contribution in [3.63, 3.8) is 0 Å². The maximum atomic E-state index is 14.8. The lowest BCUT2D eigenvalue weighted by atomic mass is 9.55. The van der Waals surface area contributed by atoms with Gasteiger partial charge in [0.1, 0.15) is 36.6 Å². The molecule has 3 aromatic rings. The number of benzene rings is 3. The van der Waals surface area contributed by atoms with Crippen LogP contribution in [0.25, 0.3) is 0 Å². The van der Waals surface area contributed by atoms with Crippen molar-refractivity contribution in [2.75, 3.05) is 26.4 Å². The summed E-state index contributed by atoms with van der Waals surface area (Å²) in [7, 11) is 0. The van der Waals surface area contributed by atoms with Gasteiger partial charge in [-0.05, 0) is 85.8 Å². The number of carbonyl (C=O) groups is 1. The second-order valence-electron chi connectivity index (χ2n) is 18.6. The van der Waals surface area contributed by atoms with E-state index in [1.54, 1.807) is 24.3 Å². The zero-order valence-electron chi connectivity index (χ0n) is 39.9. The van der Waals surface area contributed by atoms with Gasteiger partial charge in [-0.2, -0.15) is 0 Å². The topological polar surface area (TPSA) is 110 Å². The minimum Gasteiger partial charge on any atom is -0.489 e. The Kier molecular flexibility index (Phi) is 20.6. The van der Waals surface area contributed by atoms with E-state index >= 15 is 0 Å². The first-order valence-corrected chi connectivity index (χ1v) is 25.3. The van der Waals surface area contributed by atoms with Gasteiger partial charge in [-0.3, -0.25) is 4.79 Å². The van der Waals surface area contributed by atoms with Gasteiger partial charge in [0.2, 0.25) is 11.7 Å². The average Bonchev–Trinajstić information content (AvgIpc) is 3.33. The van der Waals surface area contributed by atoms with Crippen molar-refractivity contribution in [3.8, 4) is 11.5 Å². The zero-order chi connectivity index (χ0) is 46.6. The Morgan fingerprint density at radius 3 is 2.29 bits per heavy atom. The summed E-state index contributed by atoms with van der Waals surface area (Å²) in [6, 6.07) is 22.0. The van der Waals surface area contributed by atoms with E-state index in [0.29, 0.717) is 49.3 Å². The van der Waals surface area contributed by atoms with E-state index in [-0.39, 0.29) is 62.5 Å². The number of nitrogens with zero attached hydrogens (tertiary/aromatic N) is 2. The van der Waals surface area contributed by atoms with Gasteiger partial charge in [0.05, 0.1) is 18.2 Å². The number of hydrogen-bond donors (Lipinski definition) is 2. The molecule has 0 aromatic heterocycles. The van der Waals surface area contributed by atoms with E-state index in [4.69, 9.17) is 24.2 Å². The van der Waals surface area contributed by atoms with Crippen molar-refractivity contribution in [2.24, 2.45) is 22.9 Å².